The zero-order valence-corrected chi connectivity index (χ0v) is 35.8. The maximum Gasteiger partial charge on any atom is 0.540 e. The van der Waals surface area contributed by atoms with E-state index in [9.17, 15) is 12.6 Å². The van der Waals surface area contributed by atoms with Gasteiger partial charge in [0.25, 0.3) is 0 Å². The largest absolute Gasteiger partial charge is 0.540 e. The van der Waals surface area contributed by atoms with Gasteiger partial charge in [0.05, 0.1) is 42.0 Å². The predicted molar refractivity (Wildman–Crippen MR) is 231 cm³/mol. The van der Waals surface area contributed by atoms with E-state index in [0.29, 0.717) is 0 Å². The van der Waals surface area contributed by atoms with Gasteiger partial charge in [-0.25, -0.2) is 9.68 Å². The Morgan fingerprint density at radius 3 is 0.965 bits per heavy atom. The molecule has 0 saturated carbocycles. The van der Waals surface area contributed by atoms with Crippen molar-refractivity contribution in [2.24, 2.45) is 0 Å². The Kier molecular flexibility index (Phi) is 15.8. The fraction of sp³-hybridized carbons (Fsp3) is 0.178. The van der Waals surface area contributed by atoms with Gasteiger partial charge in [0.2, 0.25) is 0 Å². The number of halogens is 2. The molecule has 57 heavy (non-hydrogen) atoms. The Labute approximate surface area is 345 Å². The van der Waals surface area contributed by atoms with Crippen LogP contribution in [0.25, 0.3) is 0 Å². The molecule has 0 spiro atoms. The Balaban J connectivity index is 0.000000203. The monoisotopic (exact) mass is 850 g/mol. The molecule has 6 aromatic rings. The maximum absolute atomic E-state index is 11.7. The van der Waals surface area contributed by atoms with Gasteiger partial charge in [-0.05, 0) is 99.1 Å². The molecule has 300 valence electrons. The Morgan fingerprint density at radius 2 is 0.754 bits per heavy atom. The van der Waals surface area contributed by atoms with Crippen molar-refractivity contribution in [2.75, 3.05) is 0 Å². The van der Waals surface area contributed by atoms with Crippen molar-refractivity contribution in [2.45, 2.75) is 81.7 Å². The number of benzene rings is 6. The van der Waals surface area contributed by atoms with Gasteiger partial charge >= 0.3 is 6.16 Å². The zero-order chi connectivity index (χ0) is 41.7. The molecule has 0 radical (unpaired) electrons. The number of rotatable bonds is 9. The molecule has 0 aliphatic rings. The van der Waals surface area contributed by atoms with Crippen molar-refractivity contribution < 1.29 is 36.5 Å². The molecule has 0 atom stereocenters. The molecule has 0 unspecified atom stereocenters. The molecule has 6 rings (SSSR count). The number of hydrogen-bond donors (Lipinski definition) is 2. The van der Waals surface area contributed by atoms with Crippen LogP contribution in [0.2, 0.25) is 0 Å². The highest BCUT2D eigenvalue weighted by atomic mass is 32.9. The Hall–Kier alpha value is -4.40. The molecule has 2 N–H and O–H groups in total. The van der Waals surface area contributed by atoms with E-state index in [0.717, 1.165) is 0 Å². The Bertz CT molecular complexity index is 1960. The highest BCUT2D eigenvalue weighted by molar-refractivity contribution is 8.40. The van der Waals surface area contributed by atoms with Gasteiger partial charge in [-0.1, -0.05) is 146 Å². The van der Waals surface area contributed by atoms with Crippen molar-refractivity contribution in [1.29, 1.82) is 0 Å². The predicted octanol–water partition coefficient (Wildman–Crippen LogP) is 13.0. The summed E-state index contributed by atoms with van der Waals surface area (Å²) in [7, 11) is -6.58. The van der Waals surface area contributed by atoms with Crippen LogP contribution in [-0.4, -0.2) is 15.8 Å². The standard InChI is InChI=1S/2C22H23S.CH2F2O6S2/c2*1-22(2,3)18-14-16-21(17-15-18)23(19-10-6-4-7-11-19)20-12-8-5-9-13-20;2-11(3,6,10)9-8-7-1(4)5/h2*4-17H,1-3H3;(H,4,5)(H,6,10)/q2*+1;. The number of carbonyl (C=O) groups is 1. The van der Waals surface area contributed by atoms with Crippen LogP contribution < -0.4 is 0 Å². The van der Waals surface area contributed by atoms with Gasteiger partial charge < -0.3 is 5.11 Å². The van der Waals surface area contributed by atoms with E-state index >= 15 is 0 Å². The van der Waals surface area contributed by atoms with E-state index < -0.39 is 15.2 Å². The lowest BCUT2D eigenvalue weighted by atomic mass is 9.87. The van der Waals surface area contributed by atoms with Gasteiger partial charge in [0, 0.05) is 5.04 Å². The summed E-state index contributed by atoms with van der Waals surface area (Å²) in [6, 6.07) is 61.5. The molecule has 0 saturated heterocycles. The van der Waals surface area contributed by atoms with Crippen LogP contribution in [0.4, 0.5) is 12.6 Å². The normalized spacial score (nSPS) is 12.3. The minimum atomic E-state index is -6.48. The van der Waals surface area contributed by atoms with Crippen LogP contribution in [-0.2, 0) is 67.1 Å². The van der Waals surface area contributed by atoms with Gasteiger partial charge in [-0.3, -0.25) is 4.55 Å². The summed E-state index contributed by atoms with van der Waals surface area (Å²) in [6.07, 6.45) is -2.02. The smallest absolute Gasteiger partial charge is 0.448 e. The first-order chi connectivity index (χ1) is 26.8. The average Bonchev–Trinajstić information content (AvgIpc) is 3.16. The summed E-state index contributed by atoms with van der Waals surface area (Å²) >= 11 is 3.15. The van der Waals surface area contributed by atoms with Crippen LogP contribution in [0.5, 0.6) is 0 Å². The second-order valence-corrected chi connectivity index (χ2v) is 21.7. The second kappa shape index (κ2) is 19.8. The van der Waals surface area contributed by atoms with Gasteiger partial charge in [-0.15, -0.1) is 0 Å². The quantitative estimate of drug-likeness (QED) is 0.0648. The van der Waals surface area contributed by atoms with Crippen LogP contribution in [0, 0.1) is 0 Å². The summed E-state index contributed by atoms with van der Waals surface area (Å²) in [5, 5.41) is 10.5. The summed E-state index contributed by atoms with van der Waals surface area (Å²) in [5.74, 6) is 0. The van der Waals surface area contributed by atoms with Crippen LogP contribution in [0.1, 0.15) is 52.7 Å². The topological polar surface area (TPSA) is 85.2 Å². The molecule has 0 heterocycles. The molecule has 12 heteroatoms. The molecule has 0 bridgehead atoms. The first kappa shape index (κ1) is 45.3. The first-order valence-electron chi connectivity index (χ1n) is 17.8. The minimum absolute atomic E-state index is 0.0497. The lowest BCUT2D eigenvalue weighted by Crippen LogP contribution is -2.21. The molecule has 0 aliphatic carbocycles. The highest BCUT2D eigenvalue weighted by Crippen LogP contribution is 2.34. The van der Waals surface area contributed by atoms with Gasteiger partial charge in [0.15, 0.2) is 29.4 Å². The van der Waals surface area contributed by atoms with E-state index in [4.69, 9.17) is 9.66 Å². The lowest BCUT2D eigenvalue weighted by molar-refractivity contribution is -0.439. The summed E-state index contributed by atoms with van der Waals surface area (Å²) in [6.45, 7) is 13.6. The van der Waals surface area contributed by atoms with E-state index in [-0.39, 0.29) is 32.6 Å². The maximum atomic E-state index is 11.7. The molecular weight excluding hydrogens is 803 g/mol. The highest BCUT2D eigenvalue weighted by Gasteiger charge is 2.30. The molecule has 0 aliphatic heterocycles. The van der Waals surface area contributed by atoms with Crippen LogP contribution >= 0.6 is 0 Å². The fourth-order valence-electron chi connectivity index (χ4n) is 5.31. The number of carboxylic acid groups (broad SMARTS) is 1. The fourth-order valence-corrected chi connectivity index (χ4v) is 9.66. The molecule has 0 amide bonds. The minimum Gasteiger partial charge on any atom is -0.448 e. The van der Waals surface area contributed by atoms with Gasteiger partial charge in [-0.2, -0.15) is 0 Å². The van der Waals surface area contributed by atoms with Crippen molar-refractivity contribution in [1.82, 2.24) is 0 Å². The first-order valence-corrected chi connectivity index (χ1v) is 22.9. The third kappa shape index (κ3) is 15.1. The summed E-state index contributed by atoms with van der Waals surface area (Å²) < 4.78 is 34.0. The van der Waals surface area contributed by atoms with Crippen LogP contribution in [0.3, 0.4) is 0 Å². The van der Waals surface area contributed by atoms with Crippen molar-refractivity contribution >= 4 is 48.2 Å². The molecule has 0 fully saturated rings. The molecular formula is C45H48F2O6S4+2. The third-order valence-corrected chi connectivity index (χ3v) is 13.0. The van der Waals surface area contributed by atoms with E-state index in [1.54, 1.807) is 0 Å². The van der Waals surface area contributed by atoms with Gasteiger partial charge in [0.1, 0.15) is 0 Å². The summed E-state index contributed by atoms with van der Waals surface area (Å²) in [5.41, 5.74) is 3.14. The molecule has 6 aromatic carbocycles. The Morgan fingerprint density at radius 1 is 0.509 bits per heavy atom. The average molecular weight is 851 g/mol. The van der Waals surface area contributed by atoms with Crippen molar-refractivity contribution in [3.05, 3.63) is 181 Å². The van der Waals surface area contributed by atoms with E-state index in [2.05, 4.69) is 237 Å². The summed E-state index contributed by atoms with van der Waals surface area (Å²) in [4.78, 5) is 20.6. The van der Waals surface area contributed by atoms with E-state index in [1.807, 2.05) is 0 Å². The van der Waals surface area contributed by atoms with E-state index in [1.165, 1.54) is 40.5 Å². The zero-order valence-electron chi connectivity index (χ0n) is 32.6. The molecule has 0 aromatic heterocycles. The SMILES string of the molecule is CC(C)(C)c1ccc([S+](c2ccccc2)c2ccccc2)cc1.CC(C)(C)c1ccc([S+](c2ccccc2)c2ccccc2)cc1.O=C(O)OOOS(O)(F)(F)=S. The van der Waals surface area contributed by atoms with Crippen molar-refractivity contribution in [3.63, 3.8) is 0 Å². The van der Waals surface area contributed by atoms with Crippen molar-refractivity contribution in [3.8, 4) is 0 Å². The van der Waals surface area contributed by atoms with Crippen LogP contribution in [0.15, 0.2) is 199 Å². The second-order valence-electron chi connectivity index (χ2n) is 14.6. The lowest BCUT2D eigenvalue weighted by Gasteiger charge is -2.21. The molecule has 6 nitrogen and oxygen atoms in total. The number of hydrogen-bond acceptors (Lipinski definition) is 5. The third-order valence-electron chi connectivity index (χ3n) is 8.07.